The zero-order chi connectivity index (χ0) is 12.4. The molecule has 0 aliphatic carbocycles. The van der Waals surface area contributed by atoms with Crippen LogP contribution in [0, 0.1) is 19.7 Å². The molecule has 1 aromatic heterocycles. The minimum Gasteiger partial charge on any atom is -0.297 e. The Labute approximate surface area is 103 Å². The van der Waals surface area contributed by atoms with Crippen LogP contribution in [0.4, 0.5) is 4.39 Å². The summed E-state index contributed by atoms with van der Waals surface area (Å²) in [5.41, 5.74) is 2.66. The zero-order valence-electron chi connectivity index (χ0n) is 9.66. The lowest BCUT2D eigenvalue weighted by Gasteiger charge is -2.04. The fourth-order valence-electron chi connectivity index (χ4n) is 1.74. The summed E-state index contributed by atoms with van der Waals surface area (Å²) >= 11 is 1.39. The number of aldehydes is 1. The van der Waals surface area contributed by atoms with Crippen LogP contribution < -0.4 is 0 Å². The molecule has 1 aromatic carbocycles. The minimum atomic E-state index is -0.240. The Morgan fingerprint density at radius 2 is 2.18 bits per heavy atom. The van der Waals surface area contributed by atoms with E-state index in [1.54, 1.807) is 6.07 Å². The molecule has 1 heterocycles. The number of carbonyl (C=O) groups is 1. The molecule has 0 aliphatic rings. The maximum atomic E-state index is 13.0. The maximum Gasteiger partial charge on any atom is 0.161 e. The number of carbonyl (C=O) groups excluding carboxylic acids is 1. The molecule has 4 heteroatoms. The van der Waals surface area contributed by atoms with Crippen molar-refractivity contribution in [1.82, 2.24) is 4.98 Å². The molecule has 0 radical (unpaired) electrons. The van der Waals surface area contributed by atoms with Gasteiger partial charge in [0.05, 0.1) is 15.6 Å². The highest BCUT2D eigenvalue weighted by molar-refractivity contribution is 7.13. The number of thiazole rings is 1. The summed E-state index contributed by atoms with van der Waals surface area (Å²) in [5.74, 6) is -0.240. The van der Waals surface area contributed by atoms with Crippen LogP contribution in [0.25, 0.3) is 0 Å². The SMILES string of the molecule is Cc1nc(Cc2ccc(F)cc2C)c(C=O)s1. The second kappa shape index (κ2) is 4.75. The molecule has 0 amide bonds. The summed E-state index contributed by atoms with van der Waals surface area (Å²) in [4.78, 5) is 15.9. The van der Waals surface area contributed by atoms with Gasteiger partial charge in [-0.15, -0.1) is 11.3 Å². The van der Waals surface area contributed by atoms with Gasteiger partial charge in [-0.3, -0.25) is 4.79 Å². The van der Waals surface area contributed by atoms with Gasteiger partial charge in [0.1, 0.15) is 5.82 Å². The van der Waals surface area contributed by atoms with Crippen LogP contribution >= 0.6 is 11.3 Å². The Kier molecular flexibility index (Phi) is 3.33. The van der Waals surface area contributed by atoms with Crippen LogP contribution in [0.15, 0.2) is 18.2 Å². The molecule has 0 spiro atoms. The predicted molar refractivity (Wildman–Crippen MR) is 66.2 cm³/mol. The number of aromatic nitrogens is 1. The second-order valence-corrected chi connectivity index (χ2v) is 5.14. The topological polar surface area (TPSA) is 30.0 Å². The monoisotopic (exact) mass is 249 g/mol. The van der Waals surface area contributed by atoms with Crippen molar-refractivity contribution in [3.8, 4) is 0 Å². The van der Waals surface area contributed by atoms with Gasteiger partial charge in [-0.05, 0) is 37.1 Å². The van der Waals surface area contributed by atoms with Crippen LogP contribution in [-0.2, 0) is 6.42 Å². The molecule has 17 heavy (non-hydrogen) atoms. The third kappa shape index (κ3) is 2.58. The molecule has 0 fully saturated rings. The summed E-state index contributed by atoms with van der Waals surface area (Å²) < 4.78 is 13.0. The van der Waals surface area contributed by atoms with Crippen molar-refractivity contribution in [2.75, 3.05) is 0 Å². The number of hydrogen-bond acceptors (Lipinski definition) is 3. The fourth-order valence-corrected chi connectivity index (χ4v) is 2.50. The van der Waals surface area contributed by atoms with Gasteiger partial charge in [-0.1, -0.05) is 6.07 Å². The largest absolute Gasteiger partial charge is 0.297 e. The molecule has 0 bridgehead atoms. The lowest BCUT2D eigenvalue weighted by Crippen LogP contribution is -1.96. The van der Waals surface area contributed by atoms with Crippen molar-refractivity contribution in [3.63, 3.8) is 0 Å². The first-order valence-electron chi connectivity index (χ1n) is 5.26. The van der Waals surface area contributed by atoms with Gasteiger partial charge < -0.3 is 0 Å². The number of aryl methyl sites for hydroxylation is 2. The van der Waals surface area contributed by atoms with E-state index in [1.807, 2.05) is 13.8 Å². The van der Waals surface area contributed by atoms with Gasteiger partial charge in [0.25, 0.3) is 0 Å². The van der Waals surface area contributed by atoms with Crippen LogP contribution in [-0.4, -0.2) is 11.3 Å². The van der Waals surface area contributed by atoms with Gasteiger partial charge in [0.2, 0.25) is 0 Å². The van der Waals surface area contributed by atoms with E-state index in [-0.39, 0.29) is 5.82 Å². The van der Waals surface area contributed by atoms with Gasteiger partial charge in [-0.25, -0.2) is 9.37 Å². The average Bonchev–Trinajstić information content (AvgIpc) is 2.63. The summed E-state index contributed by atoms with van der Waals surface area (Å²) in [6.07, 6.45) is 1.41. The Hall–Kier alpha value is -1.55. The first-order valence-corrected chi connectivity index (χ1v) is 6.08. The van der Waals surface area contributed by atoms with Gasteiger partial charge in [0, 0.05) is 6.42 Å². The third-order valence-corrected chi connectivity index (χ3v) is 3.54. The van der Waals surface area contributed by atoms with Crippen LogP contribution in [0.3, 0.4) is 0 Å². The second-order valence-electron chi connectivity index (χ2n) is 3.91. The van der Waals surface area contributed by atoms with Gasteiger partial charge in [-0.2, -0.15) is 0 Å². The van der Waals surface area contributed by atoms with Crippen molar-refractivity contribution >= 4 is 17.6 Å². The van der Waals surface area contributed by atoms with E-state index < -0.39 is 0 Å². The highest BCUT2D eigenvalue weighted by atomic mass is 32.1. The average molecular weight is 249 g/mol. The predicted octanol–water partition coefficient (Wildman–Crippen LogP) is 3.30. The molecule has 0 unspecified atom stereocenters. The molecule has 0 aliphatic heterocycles. The number of halogens is 1. The first-order chi connectivity index (χ1) is 8.10. The van der Waals surface area contributed by atoms with E-state index in [0.717, 1.165) is 28.1 Å². The van der Waals surface area contributed by atoms with Crippen LogP contribution in [0.2, 0.25) is 0 Å². The molecule has 0 saturated heterocycles. The molecule has 2 nitrogen and oxygen atoms in total. The van der Waals surface area contributed by atoms with Gasteiger partial charge >= 0.3 is 0 Å². The Balaban J connectivity index is 2.34. The van der Waals surface area contributed by atoms with Gasteiger partial charge in [0.15, 0.2) is 6.29 Å². The van der Waals surface area contributed by atoms with E-state index in [1.165, 1.54) is 23.5 Å². The van der Waals surface area contributed by atoms with Crippen molar-refractivity contribution in [2.45, 2.75) is 20.3 Å². The van der Waals surface area contributed by atoms with Crippen molar-refractivity contribution < 1.29 is 9.18 Å². The Bertz CT molecular complexity index is 563. The number of benzene rings is 1. The van der Waals surface area contributed by atoms with Crippen molar-refractivity contribution in [2.24, 2.45) is 0 Å². The van der Waals surface area contributed by atoms with Crippen LogP contribution in [0.5, 0.6) is 0 Å². The molecule has 0 N–H and O–H groups in total. The molecule has 0 saturated carbocycles. The van der Waals surface area contributed by atoms with Crippen LogP contribution in [0.1, 0.15) is 31.5 Å². The number of rotatable bonds is 3. The number of hydrogen-bond donors (Lipinski definition) is 0. The normalized spacial score (nSPS) is 10.5. The smallest absolute Gasteiger partial charge is 0.161 e. The highest BCUT2D eigenvalue weighted by Gasteiger charge is 2.10. The standard InChI is InChI=1S/C13H12FNOS/c1-8-5-11(14)4-3-10(8)6-12-13(7-16)17-9(2)15-12/h3-5,7H,6H2,1-2H3. The molecular weight excluding hydrogens is 237 g/mol. The quantitative estimate of drug-likeness (QED) is 0.781. The summed E-state index contributed by atoms with van der Waals surface area (Å²) in [6.45, 7) is 3.73. The summed E-state index contributed by atoms with van der Waals surface area (Å²) in [7, 11) is 0. The van der Waals surface area contributed by atoms with E-state index in [9.17, 15) is 9.18 Å². The molecule has 2 rings (SSSR count). The molecule has 2 aromatic rings. The lowest BCUT2D eigenvalue weighted by molar-refractivity contribution is 0.112. The maximum absolute atomic E-state index is 13.0. The molecule has 0 atom stereocenters. The minimum absolute atomic E-state index is 0.240. The fraction of sp³-hybridized carbons (Fsp3) is 0.231. The van der Waals surface area contributed by atoms with E-state index in [4.69, 9.17) is 0 Å². The van der Waals surface area contributed by atoms with E-state index in [0.29, 0.717) is 11.3 Å². The lowest BCUT2D eigenvalue weighted by atomic mass is 10.0. The molecule has 88 valence electrons. The molecular formula is C13H12FNOS. The Morgan fingerprint density at radius 3 is 2.82 bits per heavy atom. The van der Waals surface area contributed by atoms with E-state index >= 15 is 0 Å². The van der Waals surface area contributed by atoms with Crippen molar-refractivity contribution in [3.05, 3.63) is 50.7 Å². The highest BCUT2D eigenvalue weighted by Crippen LogP contribution is 2.21. The van der Waals surface area contributed by atoms with E-state index in [2.05, 4.69) is 4.98 Å². The first kappa shape index (κ1) is 11.9. The Morgan fingerprint density at radius 1 is 1.41 bits per heavy atom. The third-order valence-electron chi connectivity index (χ3n) is 2.60. The number of nitrogens with zero attached hydrogens (tertiary/aromatic N) is 1. The van der Waals surface area contributed by atoms with Crippen molar-refractivity contribution in [1.29, 1.82) is 0 Å². The summed E-state index contributed by atoms with van der Waals surface area (Å²) in [6, 6.07) is 4.67. The zero-order valence-corrected chi connectivity index (χ0v) is 10.5. The summed E-state index contributed by atoms with van der Waals surface area (Å²) in [5, 5.41) is 0.877.